The monoisotopic (exact) mass is 165 g/mol. The van der Waals surface area contributed by atoms with E-state index in [-0.39, 0.29) is 0 Å². The smallest absolute Gasteiger partial charge is 0.137 e. The van der Waals surface area contributed by atoms with E-state index < -0.39 is 0 Å². The van der Waals surface area contributed by atoms with Crippen molar-refractivity contribution in [1.82, 2.24) is 4.98 Å². The molecule has 66 valence electrons. The lowest BCUT2D eigenvalue weighted by Crippen LogP contribution is -1.96. The fraction of sp³-hybridized carbons (Fsp3) is 0.500. The second-order valence-corrected chi connectivity index (χ2v) is 3.20. The fourth-order valence-corrected chi connectivity index (χ4v) is 1.23. The van der Waals surface area contributed by atoms with E-state index in [4.69, 9.17) is 4.74 Å². The van der Waals surface area contributed by atoms with E-state index in [1.165, 1.54) is 5.56 Å². The summed E-state index contributed by atoms with van der Waals surface area (Å²) in [6.07, 6.45) is 1.75. The molecule has 1 aromatic rings. The number of ether oxygens (including phenoxy) is 1. The van der Waals surface area contributed by atoms with Crippen LogP contribution in [0.1, 0.15) is 31.0 Å². The molecule has 0 saturated carbocycles. The lowest BCUT2D eigenvalue weighted by Gasteiger charge is -2.09. The average Bonchev–Trinajstić information content (AvgIpc) is 2.05. The van der Waals surface area contributed by atoms with Gasteiger partial charge in [0.1, 0.15) is 5.75 Å². The van der Waals surface area contributed by atoms with Gasteiger partial charge in [0, 0.05) is 5.69 Å². The fourth-order valence-electron chi connectivity index (χ4n) is 1.23. The Morgan fingerprint density at radius 3 is 2.58 bits per heavy atom. The predicted octanol–water partition coefficient (Wildman–Crippen LogP) is 2.52. The Morgan fingerprint density at radius 1 is 1.42 bits per heavy atom. The molecule has 0 saturated heterocycles. The van der Waals surface area contributed by atoms with Crippen molar-refractivity contribution in [2.45, 2.75) is 26.7 Å². The maximum atomic E-state index is 5.10. The van der Waals surface area contributed by atoms with Gasteiger partial charge in [-0.05, 0) is 24.5 Å². The first-order valence-electron chi connectivity index (χ1n) is 4.15. The molecule has 2 heteroatoms. The van der Waals surface area contributed by atoms with Crippen LogP contribution < -0.4 is 4.74 Å². The predicted molar refractivity (Wildman–Crippen MR) is 49.6 cm³/mol. The van der Waals surface area contributed by atoms with Crippen LogP contribution in [-0.2, 0) is 0 Å². The van der Waals surface area contributed by atoms with Crippen LogP contribution in [0.5, 0.6) is 5.75 Å². The van der Waals surface area contributed by atoms with Gasteiger partial charge in [0.2, 0.25) is 0 Å². The van der Waals surface area contributed by atoms with Gasteiger partial charge < -0.3 is 4.74 Å². The summed E-state index contributed by atoms with van der Waals surface area (Å²) < 4.78 is 5.10. The third-order valence-corrected chi connectivity index (χ3v) is 1.96. The van der Waals surface area contributed by atoms with Crippen molar-refractivity contribution in [3.05, 3.63) is 23.5 Å². The summed E-state index contributed by atoms with van der Waals surface area (Å²) >= 11 is 0. The Hall–Kier alpha value is -1.05. The van der Waals surface area contributed by atoms with Crippen molar-refractivity contribution in [2.75, 3.05) is 7.11 Å². The summed E-state index contributed by atoms with van der Waals surface area (Å²) in [4.78, 5) is 4.25. The second kappa shape index (κ2) is 3.57. The van der Waals surface area contributed by atoms with Crippen molar-refractivity contribution in [3.8, 4) is 5.75 Å². The first kappa shape index (κ1) is 9.04. The van der Waals surface area contributed by atoms with Gasteiger partial charge in [0.15, 0.2) is 0 Å². The topological polar surface area (TPSA) is 22.1 Å². The third-order valence-electron chi connectivity index (χ3n) is 1.96. The molecule has 12 heavy (non-hydrogen) atoms. The molecule has 0 unspecified atom stereocenters. The summed E-state index contributed by atoms with van der Waals surface area (Å²) in [7, 11) is 1.66. The number of rotatable bonds is 2. The molecule has 1 rings (SSSR count). The van der Waals surface area contributed by atoms with Gasteiger partial charge in [0.25, 0.3) is 0 Å². The Labute approximate surface area is 73.6 Å². The largest absolute Gasteiger partial charge is 0.495 e. The summed E-state index contributed by atoms with van der Waals surface area (Å²) in [5.41, 5.74) is 2.35. The summed E-state index contributed by atoms with van der Waals surface area (Å²) in [6.45, 7) is 6.34. The Morgan fingerprint density at radius 2 is 2.08 bits per heavy atom. The molecule has 0 aromatic carbocycles. The van der Waals surface area contributed by atoms with Crippen LogP contribution in [-0.4, -0.2) is 12.1 Å². The van der Waals surface area contributed by atoms with Gasteiger partial charge in [-0.1, -0.05) is 13.8 Å². The molecule has 2 nitrogen and oxygen atoms in total. The van der Waals surface area contributed by atoms with E-state index in [1.807, 2.05) is 13.0 Å². The second-order valence-electron chi connectivity index (χ2n) is 3.20. The van der Waals surface area contributed by atoms with Gasteiger partial charge in [-0.3, -0.25) is 4.98 Å². The number of aromatic nitrogens is 1. The molecular formula is C10H15NO. The molecule has 1 heterocycles. The number of hydrogen-bond donors (Lipinski definition) is 0. The number of aryl methyl sites for hydroxylation is 1. The zero-order valence-electron chi connectivity index (χ0n) is 8.09. The van der Waals surface area contributed by atoms with Gasteiger partial charge in [0.05, 0.1) is 13.3 Å². The molecule has 0 bridgehead atoms. The quantitative estimate of drug-likeness (QED) is 0.671. The van der Waals surface area contributed by atoms with Crippen molar-refractivity contribution < 1.29 is 4.74 Å². The van der Waals surface area contributed by atoms with Gasteiger partial charge in [-0.2, -0.15) is 0 Å². The van der Waals surface area contributed by atoms with Crippen LogP contribution in [0.4, 0.5) is 0 Å². The first-order chi connectivity index (χ1) is 5.65. The standard InChI is InChI=1S/C10H15NO/c1-7(2)10-5-9(12-4)6-11-8(10)3/h5-7H,1-4H3. The summed E-state index contributed by atoms with van der Waals surface area (Å²) in [5, 5.41) is 0. The molecule has 0 atom stereocenters. The van der Waals surface area contributed by atoms with Crippen molar-refractivity contribution in [1.29, 1.82) is 0 Å². The molecule has 0 N–H and O–H groups in total. The Kier molecular flexibility index (Phi) is 2.69. The van der Waals surface area contributed by atoms with E-state index in [1.54, 1.807) is 13.3 Å². The lowest BCUT2D eigenvalue weighted by atomic mass is 10.0. The molecule has 0 aliphatic carbocycles. The SMILES string of the molecule is COc1cnc(C)c(C(C)C)c1. The molecule has 0 radical (unpaired) electrons. The summed E-state index contributed by atoms with van der Waals surface area (Å²) in [5.74, 6) is 1.34. The molecule has 0 fully saturated rings. The van der Waals surface area contributed by atoms with E-state index in [9.17, 15) is 0 Å². The Bertz CT molecular complexity index is 269. The highest BCUT2D eigenvalue weighted by atomic mass is 16.5. The highest BCUT2D eigenvalue weighted by Crippen LogP contribution is 2.21. The van der Waals surface area contributed by atoms with Gasteiger partial charge in [-0.15, -0.1) is 0 Å². The highest BCUT2D eigenvalue weighted by Gasteiger charge is 2.05. The minimum Gasteiger partial charge on any atom is -0.495 e. The summed E-state index contributed by atoms with van der Waals surface area (Å²) in [6, 6.07) is 2.05. The molecular weight excluding hydrogens is 150 g/mol. The number of nitrogens with zero attached hydrogens (tertiary/aromatic N) is 1. The van der Waals surface area contributed by atoms with E-state index in [2.05, 4.69) is 18.8 Å². The molecule has 1 aromatic heterocycles. The zero-order chi connectivity index (χ0) is 9.14. The first-order valence-corrected chi connectivity index (χ1v) is 4.15. The van der Waals surface area contributed by atoms with Crippen LogP contribution in [0.15, 0.2) is 12.3 Å². The number of methoxy groups -OCH3 is 1. The van der Waals surface area contributed by atoms with Crippen LogP contribution >= 0.6 is 0 Å². The van der Waals surface area contributed by atoms with E-state index >= 15 is 0 Å². The van der Waals surface area contributed by atoms with Gasteiger partial charge in [-0.25, -0.2) is 0 Å². The number of hydrogen-bond acceptors (Lipinski definition) is 2. The van der Waals surface area contributed by atoms with E-state index in [0.717, 1.165) is 11.4 Å². The van der Waals surface area contributed by atoms with Crippen molar-refractivity contribution in [2.24, 2.45) is 0 Å². The molecule has 0 amide bonds. The lowest BCUT2D eigenvalue weighted by molar-refractivity contribution is 0.411. The normalized spacial score (nSPS) is 10.4. The van der Waals surface area contributed by atoms with E-state index in [0.29, 0.717) is 5.92 Å². The minimum absolute atomic E-state index is 0.507. The maximum absolute atomic E-state index is 5.10. The van der Waals surface area contributed by atoms with Crippen molar-refractivity contribution in [3.63, 3.8) is 0 Å². The van der Waals surface area contributed by atoms with Crippen LogP contribution in [0.2, 0.25) is 0 Å². The van der Waals surface area contributed by atoms with Gasteiger partial charge >= 0.3 is 0 Å². The van der Waals surface area contributed by atoms with Crippen molar-refractivity contribution >= 4 is 0 Å². The Balaban J connectivity index is 3.08. The highest BCUT2D eigenvalue weighted by molar-refractivity contribution is 5.30. The molecule has 0 aliphatic rings. The van der Waals surface area contributed by atoms with Crippen LogP contribution in [0.25, 0.3) is 0 Å². The van der Waals surface area contributed by atoms with Crippen LogP contribution in [0.3, 0.4) is 0 Å². The third kappa shape index (κ3) is 1.76. The maximum Gasteiger partial charge on any atom is 0.137 e. The zero-order valence-corrected chi connectivity index (χ0v) is 8.09. The average molecular weight is 165 g/mol. The minimum atomic E-state index is 0.507. The van der Waals surface area contributed by atoms with Crippen LogP contribution in [0, 0.1) is 6.92 Å². The molecule has 0 aliphatic heterocycles. The molecule has 0 spiro atoms. The number of pyridine rings is 1.